The molecule has 2 heteroatoms. The van der Waals surface area contributed by atoms with Crippen molar-refractivity contribution in [3.8, 4) is 0 Å². The molecule has 1 aromatic carbocycles. The molecule has 0 spiro atoms. The third kappa shape index (κ3) is 1.61. The number of rotatable bonds is 1. The molecule has 15 heavy (non-hydrogen) atoms. The van der Waals surface area contributed by atoms with E-state index in [0.717, 1.165) is 12.1 Å². The molecule has 2 heterocycles. The van der Waals surface area contributed by atoms with Crippen molar-refractivity contribution in [3.63, 3.8) is 0 Å². The SMILES string of the molecule is c1ccc2nc(C3CCCN3)ccc2c1. The fourth-order valence-corrected chi connectivity index (χ4v) is 2.21. The first kappa shape index (κ1) is 8.86. The van der Waals surface area contributed by atoms with E-state index in [1.807, 2.05) is 6.07 Å². The molecule has 3 rings (SSSR count). The second kappa shape index (κ2) is 3.63. The van der Waals surface area contributed by atoms with Crippen molar-refractivity contribution in [3.05, 3.63) is 42.1 Å². The molecule has 2 aromatic rings. The van der Waals surface area contributed by atoms with Crippen LogP contribution in [0.2, 0.25) is 0 Å². The topological polar surface area (TPSA) is 24.9 Å². The van der Waals surface area contributed by atoms with Gasteiger partial charge in [0, 0.05) is 11.4 Å². The minimum absolute atomic E-state index is 0.467. The average Bonchev–Trinajstić information content (AvgIpc) is 2.82. The van der Waals surface area contributed by atoms with Crippen LogP contribution in [-0.2, 0) is 0 Å². The van der Waals surface area contributed by atoms with E-state index < -0.39 is 0 Å². The van der Waals surface area contributed by atoms with E-state index in [2.05, 4.69) is 35.6 Å². The molecule has 0 aliphatic carbocycles. The quantitative estimate of drug-likeness (QED) is 0.762. The van der Waals surface area contributed by atoms with Gasteiger partial charge in [0.1, 0.15) is 0 Å². The van der Waals surface area contributed by atoms with E-state index in [4.69, 9.17) is 4.98 Å². The summed E-state index contributed by atoms with van der Waals surface area (Å²) in [5.74, 6) is 0. The van der Waals surface area contributed by atoms with Crippen LogP contribution in [0.1, 0.15) is 24.6 Å². The average molecular weight is 198 g/mol. The van der Waals surface area contributed by atoms with Gasteiger partial charge < -0.3 is 5.32 Å². The van der Waals surface area contributed by atoms with E-state index in [0.29, 0.717) is 6.04 Å². The smallest absolute Gasteiger partial charge is 0.0706 e. The Morgan fingerprint density at radius 1 is 1.13 bits per heavy atom. The summed E-state index contributed by atoms with van der Waals surface area (Å²) < 4.78 is 0. The molecule has 1 atom stereocenters. The first-order chi connectivity index (χ1) is 7.43. The Morgan fingerprint density at radius 3 is 2.93 bits per heavy atom. The normalized spacial score (nSPS) is 20.9. The molecular weight excluding hydrogens is 184 g/mol. The summed E-state index contributed by atoms with van der Waals surface area (Å²) >= 11 is 0. The Labute approximate surface area is 89.3 Å². The highest BCUT2D eigenvalue weighted by molar-refractivity contribution is 5.78. The zero-order chi connectivity index (χ0) is 10.1. The summed E-state index contributed by atoms with van der Waals surface area (Å²) in [6.07, 6.45) is 2.48. The Bertz CT molecular complexity index is 473. The van der Waals surface area contributed by atoms with Crippen LogP contribution in [-0.4, -0.2) is 11.5 Å². The minimum Gasteiger partial charge on any atom is -0.309 e. The van der Waals surface area contributed by atoms with Crippen LogP contribution in [0, 0.1) is 0 Å². The molecule has 1 fully saturated rings. The lowest BCUT2D eigenvalue weighted by Crippen LogP contribution is -2.14. The predicted octanol–water partition coefficient (Wildman–Crippen LogP) is 2.66. The third-order valence-corrected chi connectivity index (χ3v) is 3.04. The second-order valence-electron chi connectivity index (χ2n) is 4.08. The second-order valence-corrected chi connectivity index (χ2v) is 4.08. The number of benzene rings is 1. The van der Waals surface area contributed by atoms with Crippen molar-refractivity contribution in [1.29, 1.82) is 0 Å². The Morgan fingerprint density at radius 2 is 2.07 bits per heavy atom. The lowest BCUT2D eigenvalue weighted by molar-refractivity contribution is 0.630. The summed E-state index contributed by atoms with van der Waals surface area (Å²) in [6.45, 7) is 1.12. The molecule has 2 nitrogen and oxygen atoms in total. The van der Waals surface area contributed by atoms with Crippen molar-refractivity contribution < 1.29 is 0 Å². The maximum atomic E-state index is 4.69. The molecule has 1 aliphatic rings. The van der Waals surface area contributed by atoms with Crippen molar-refractivity contribution in [2.75, 3.05) is 6.54 Å². The van der Waals surface area contributed by atoms with Crippen LogP contribution in [0.4, 0.5) is 0 Å². The van der Waals surface area contributed by atoms with Crippen molar-refractivity contribution in [2.24, 2.45) is 0 Å². The zero-order valence-electron chi connectivity index (χ0n) is 8.61. The Kier molecular flexibility index (Phi) is 2.14. The van der Waals surface area contributed by atoms with Crippen LogP contribution in [0.15, 0.2) is 36.4 Å². The van der Waals surface area contributed by atoms with Crippen molar-refractivity contribution in [2.45, 2.75) is 18.9 Å². The van der Waals surface area contributed by atoms with Gasteiger partial charge in [-0.3, -0.25) is 4.98 Å². The molecular formula is C13H14N2. The lowest BCUT2D eigenvalue weighted by Gasteiger charge is -2.09. The first-order valence-corrected chi connectivity index (χ1v) is 5.52. The van der Waals surface area contributed by atoms with Gasteiger partial charge >= 0.3 is 0 Å². The predicted molar refractivity (Wildman–Crippen MR) is 61.7 cm³/mol. The number of fused-ring (bicyclic) bond motifs is 1. The van der Waals surface area contributed by atoms with Crippen molar-refractivity contribution >= 4 is 10.9 Å². The van der Waals surface area contributed by atoms with Gasteiger partial charge in [-0.05, 0) is 31.5 Å². The summed E-state index contributed by atoms with van der Waals surface area (Å²) in [5, 5.41) is 4.70. The monoisotopic (exact) mass is 198 g/mol. The van der Waals surface area contributed by atoms with Gasteiger partial charge in [-0.25, -0.2) is 0 Å². The van der Waals surface area contributed by atoms with Gasteiger partial charge in [0.05, 0.1) is 11.2 Å². The Hall–Kier alpha value is -1.41. The van der Waals surface area contributed by atoms with Gasteiger partial charge in [0.25, 0.3) is 0 Å². The first-order valence-electron chi connectivity index (χ1n) is 5.52. The summed E-state index contributed by atoms with van der Waals surface area (Å²) in [6, 6.07) is 13.1. The maximum absolute atomic E-state index is 4.69. The van der Waals surface area contributed by atoms with E-state index >= 15 is 0 Å². The van der Waals surface area contributed by atoms with E-state index in [9.17, 15) is 0 Å². The van der Waals surface area contributed by atoms with E-state index in [1.165, 1.54) is 23.9 Å². The van der Waals surface area contributed by atoms with Crippen LogP contribution < -0.4 is 5.32 Å². The molecule has 76 valence electrons. The van der Waals surface area contributed by atoms with Crippen molar-refractivity contribution in [1.82, 2.24) is 10.3 Å². The maximum Gasteiger partial charge on any atom is 0.0706 e. The van der Waals surface area contributed by atoms with Crippen LogP contribution in [0.25, 0.3) is 10.9 Å². The van der Waals surface area contributed by atoms with Gasteiger partial charge in [0.2, 0.25) is 0 Å². The molecule has 1 aromatic heterocycles. The molecule has 0 amide bonds. The zero-order valence-corrected chi connectivity index (χ0v) is 8.61. The van der Waals surface area contributed by atoms with Crippen LogP contribution >= 0.6 is 0 Å². The summed E-state index contributed by atoms with van der Waals surface area (Å²) in [4.78, 5) is 4.69. The number of nitrogens with zero attached hydrogens (tertiary/aromatic N) is 1. The minimum atomic E-state index is 0.467. The fraction of sp³-hybridized carbons (Fsp3) is 0.308. The highest BCUT2D eigenvalue weighted by Gasteiger charge is 2.17. The number of para-hydroxylation sites is 1. The molecule has 0 bridgehead atoms. The Balaban J connectivity index is 2.05. The number of nitrogens with one attached hydrogen (secondary N) is 1. The standard InChI is InChI=1S/C13H14N2/c1-2-5-11-10(4-1)7-8-13(15-11)12-6-3-9-14-12/h1-2,4-5,7-8,12,14H,3,6,9H2. The molecule has 0 saturated carbocycles. The molecule has 0 radical (unpaired) electrons. The molecule has 1 saturated heterocycles. The molecule has 1 unspecified atom stereocenters. The number of hydrogen-bond acceptors (Lipinski definition) is 2. The van der Waals surface area contributed by atoms with Gasteiger partial charge in [-0.2, -0.15) is 0 Å². The highest BCUT2D eigenvalue weighted by atomic mass is 15.0. The third-order valence-electron chi connectivity index (χ3n) is 3.04. The highest BCUT2D eigenvalue weighted by Crippen LogP contribution is 2.23. The molecule has 1 aliphatic heterocycles. The van der Waals surface area contributed by atoms with Gasteiger partial charge in [-0.1, -0.05) is 24.3 Å². The largest absolute Gasteiger partial charge is 0.309 e. The number of pyridine rings is 1. The number of aromatic nitrogens is 1. The van der Waals surface area contributed by atoms with Gasteiger partial charge in [0.15, 0.2) is 0 Å². The van der Waals surface area contributed by atoms with Gasteiger partial charge in [-0.15, -0.1) is 0 Å². The lowest BCUT2D eigenvalue weighted by atomic mass is 10.1. The van der Waals surface area contributed by atoms with E-state index in [-0.39, 0.29) is 0 Å². The summed E-state index contributed by atoms with van der Waals surface area (Å²) in [5.41, 5.74) is 2.29. The summed E-state index contributed by atoms with van der Waals surface area (Å²) in [7, 11) is 0. The number of hydrogen-bond donors (Lipinski definition) is 1. The van der Waals surface area contributed by atoms with Crippen LogP contribution in [0.3, 0.4) is 0 Å². The molecule has 1 N–H and O–H groups in total. The van der Waals surface area contributed by atoms with E-state index in [1.54, 1.807) is 0 Å². The van der Waals surface area contributed by atoms with Crippen LogP contribution in [0.5, 0.6) is 0 Å². The fourth-order valence-electron chi connectivity index (χ4n) is 2.21.